The number of pyridine rings is 1. The molecule has 0 bridgehead atoms. The van der Waals surface area contributed by atoms with Crippen molar-refractivity contribution in [3.05, 3.63) is 174 Å². The Balaban J connectivity index is 1.11. The molecule has 0 saturated heterocycles. The quantitative estimate of drug-likeness (QED) is 0.0959. The Kier molecular flexibility index (Phi) is 10.9. The number of carbonyl (C=O) groups is 3. The number of fused-ring (bicyclic) bond motifs is 1. The first-order valence-electron chi connectivity index (χ1n) is 16.4. The molecule has 1 unspecified atom stereocenters. The number of para-hydroxylation sites is 1. The van der Waals surface area contributed by atoms with Gasteiger partial charge in [0, 0.05) is 41.4 Å². The Hall–Kier alpha value is -6.28. The summed E-state index contributed by atoms with van der Waals surface area (Å²) < 4.78 is 11.2. The summed E-state index contributed by atoms with van der Waals surface area (Å²) in [5, 5.41) is 5.17. The summed E-state index contributed by atoms with van der Waals surface area (Å²) in [6.45, 7) is 1.03. The minimum atomic E-state index is -0.738. The molecular formula is C42H37N3O5. The molecule has 1 heterocycles. The summed E-state index contributed by atoms with van der Waals surface area (Å²) >= 11 is 0. The Morgan fingerprint density at radius 1 is 0.740 bits per heavy atom. The number of hydrogen-bond donors (Lipinski definition) is 1. The lowest BCUT2D eigenvalue weighted by molar-refractivity contribution is -0.141. The molecule has 0 aliphatic heterocycles. The van der Waals surface area contributed by atoms with Crippen LogP contribution in [0.1, 0.15) is 37.5 Å². The van der Waals surface area contributed by atoms with E-state index in [4.69, 9.17) is 9.47 Å². The molecule has 1 aromatic heterocycles. The molecule has 0 radical (unpaired) electrons. The number of esters is 1. The predicted octanol–water partition coefficient (Wildman–Crippen LogP) is 7.38. The van der Waals surface area contributed by atoms with E-state index in [1.807, 2.05) is 109 Å². The van der Waals surface area contributed by atoms with Gasteiger partial charge in [-0.05, 0) is 46.8 Å². The van der Waals surface area contributed by atoms with Crippen LogP contribution in [0.15, 0.2) is 146 Å². The zero-order chi connectivity index (χ0) is 34.7. The molecule has 8 heteroatoms. The van der Waals surface area contributed by atoms with E-state index >= 15 is 0 Å². The highest BCUT2D eigenvalue weighted by Gasteiger charge is 2.23. The molecule has 0 aliphatic rings. The second kappa shape index (κ2) is 16.2. The van der Waals surface area contributed by atoms with Crippen molar-refractivity contribution in [1.29, 1.82) is 0 Å². The van der Waals surface area contributed by atoms with E-state index in [1.165, 1.54) is 7.11 Å². The minimum absolute atomic E-state index is 0.142. The second-order valence-corrected chi connectivity index (χ2v) is 11.8. The van der Waals surface area contributed by atoms with E-state index in [-0.39, 0.29) is 18.3 Å². The third-order valence-corrected chi connectivity index (χ3v) is 8.37. The first-order valence-corrected chi connectivity index (χ1v) is 16.4. The van der Waals surface area contributed by atoms with Gasteiger partial charge in [0.25, 0.3) is 5.91 Å². The van der Waals surface area contributed by atoms with Crippen LogP contribution in [0.3, 0.4) is 0 Å². The largest absolute Gasteiger partial charge is 0.492 e. The molecule has 5 aromatic carbocycles. The second-order valence-electron chi connectivity index (χ2n) is 11.8. The standard InChI is InChI=1S/C42H37N3O5/c1-49-42(48)39(44-37-19-11-10-18-36(37)40(46)32-14-6-3-7-15-32)26-30-20-22-35(23-21-30)50-25-24-45(29-31-12-4-2-5-13-31)41(47)38-27-33-16-8-9-17-34(33)28-43-38/h2-23,27-28,39,44H,24-26,29H2,1H3. The number of nitrogens with one attached hydrogen (secondary N) is 1. The fourth-order valence-electron chi connectivity index (χ4n) is 5.73. The third-order valence-electron chi connectivity index (χ3n) is 8.37. The van der Waals surface area contributed by atoms with Gasteiger partial charge in [-0.3, -0.25) is 14.6 Å². The van der Waals surface area contributed by atoms with E-state index < -0.39 is 12.0 Å². The Labute approximate surface area is 291 Å². The normalized spacial score (nSPS) is 11.4. The number of carbonyl (C=O) groups excluding carboxylic acids is 3. The summed E-state index contributed by atoms with van der Waals surface area (Å²) in [6.07, 6.45) is 2.05. The van der Waals surface area contributed by atoms with Gasteiger partial charge in [0.15, 0.2) is 5.78 Å². The van der Waals surface area contributed by atoms with E-state index in [0.717, 1.165) is 21.9 Å². The fourth-order valence-corrected chi connectivity index (χ4v) is 5.73. The van der Waals surface area contributed by atoms with Crippen molar-refractivity contribution in [1.82, 2.24) is 9.88 Å². The minimum Gasteiger partial charge on any atom is -0.492 e. The van der Waals surface area contributed by atoms with Crippen LogP contribution in [0.2, 0.25) is 0 Å². The van der Waals surface area contributed by atoms with Crippen molar-refractivity contribution in [2.45, 2.75) is 19.0 Å². The maximum atomic E-state index is 13.7. The molecule has 1 amide bonds. The summed E-state index contributed by atoms with van der Waals surface area (Å²) in [5.74, 6) is -0.134. The Bertz CT molecular complexity index is 2070. The van der Waals surface area contributed by atoms with Crippen LogP contribution < -0.4 is 10.1 Å². The van der Waals surface area contributed by atoms with Crippen LogP contribution in [0.4, 0.5) is 5.69 Å². The van der Waals surface area contributed by atoms with Crippen LogP contribution >= 0.6 is 0 Å². The molecular weight excluding hydrogens is 626 g/mol. The van der Waals surface area contributed by atoms with Crippen molar-refractivity contribution in [2.75, 3.05) is 25.6 Å². The zero-order valence-corrected chi connectivity index (χ0v) is 27.7. The van der Waals surface area contributed by atoms with Gasteiger partial charge in [-0.2, -0.15) is 0 Å². The fraction of sp³-hybridized carbons (Fsp3) is 0.143. The predicted molar refractivity (Wildman–Crippen MR) is 194 cm³/mol. The van der Waals surface area contributed by atoms with Crippen molar-refractivity contribution in [3.63, 3.8) is 0 Å². The van der Waals surface area contributed by atoms with E-state index in [9.17, 15) is 14.4 Å². The van der Waals surface area contributed by atoms with Gasteiger partial charge in [0.05, 0.1) is 13.7 Å². The highest BCUT2D eigenvalue weighted by Crippen LogP contribution is 2.23. The molecule has 0 aliphatic carbocycles. The van der Waals surface area contributed by atoms with Gasteiger partial charge in [-0.1, -0.05) is 109 Å². The number of methoxy groups -OCH3 is 1. The molecule has 6 rings (SSSR count). The molecule has 1 N–H and O–H groups in total. The van der Waals surface area contributed by atoms with Crippen molar-refractivity contribution in [2.24, 2.45) is 0 Å². The SMILES string of the molecule is COC(=O)C(Cc1ccc(OCCN(Cc2ccccc2)C(=O)c2cc3ccccc3cn2)cc1)Nc1ccccc1C(=O)c1ccccc1. The summed E-state index contributed by atoms with van der Waals surface area (Å²) in [5.41, 5.74) is 3.83. The highest BCUT2D eigenvalue weighted by atomic mass is 16.5. The number of hydrogen-bond acceptors (Lipinski definition) is 7. The van der Waals surface area contributed by atoms with Gasteiger partial charge in [0.2, 0.25) is 0 Å². The number of anilines is 1. The van der Waals surface area contributed by atoms with Crippen LogP contribution in [0, 0.1) is 0 Å². The Morgan fingerprint density at radius 2 is 1.40 bits per heavy atom. The lowest BCUT2D eigenvalue weighted by Crippen LogP contribution is -2.34. The monoisotopic (exact) mass is 663 g/mol. The molecule has 0 saturated carbocycles. The summed E-state index contributed by atoms with van der Waals surface area (Å²) in [4.78, 5) is 46.0. The van der Waals surface area contributed by atoms with E-state index in [1.54, 1.807) is 41.4 Å². The molecule has 8 nitrogen and oxygen atoms in total. The lowest BCUT2D eigenvalue weighted by atomic mass is 10.00. The van der Waals surface area contributed by atoms with Gasteiger partial charge in [-0.25, -0.2) is 4.79 Å². The highest BCUT2D eigenvalue weighted by molar-refractivity contribution is 6.12. The molecule has 0 spiro atoms. The number of aromatic nitrogens is 1. The van der Waals surface area contributed by atoms with Gasteiger partial charge < -0.3 is 19.7 Å². The van der Waals surface area contributed by atoms with Crippen molar-refractivity contribution >= 4 is 34.1 Å². The summed E-state index contributed by atoms with van der Waals surface area (Å²) in [6, 6.07) is 42.4. The van der Waals surface area contributed by atoms with E-state index in [2.05, 4.69) is 10.3 Å². The first kappa shape index (κ1) is 33.6. The smallest absolute Gasteiger partial charge is 0.328 e. The van der Waals surface area contributed by atoms with E-state index in [0.29, 0.717) is 47.8 Å². The van der Waals surface area contributed by atoms with Crippen molar-refractivity contribution in [3.8, 4) is 5.75 Å². The van der Waals surface area contributed by atoms with Crippen LogP contribution in [0.25, 0.3) is 10.8 Å². The lowest BCUT2D eigenvalue weighted by Gasteiger charge is -2.23. The molecule has 6 aromatic rings. The third kappa shape index (κ3) is 8.41. The topological polar surface area (TPSA) is 97.8 Å². The number of nitrogens with zero attached hydrogens (tertiary/aromatic N) is 2. The summed E-state index contributed by atoms with van der Waals surface area (Å²) in [7, 11) is 1.34. The Morgan fingerprint density at radius 3 is 2.14 bits per heavy atom. The number of rotatable bonds is 14. The van der Waals surface area contributed by atoms with Crippen molar-refractivity contribution < 1.29 is 23.9 Å². The average Bonchev–Trinajstić information content (AvgIpc) is 3.17. The molecule has 50 heavy (non-hydrogen) atoms. The maximum absolute atomic E-state index is 13.7. The van der Waals surface area contributed by atoms with Crippen LogP contribution in [0.5, 0.6) is 5.75 Å². The van der Waals surface area contributed by atoms with Gasteiger partial charge >= 0.3 is 5.97 Å². The van der Waals surface area contributed by atoms with Gasteiger partial charge in [-0.15, -0.1) is 0 Å². The molecule has 250 valence electrons. The number of amides is 1. The van der Waals surface area contributed by atoms with Crippen LogP contribution in [-0.4, -0.2) is 53.8 Å². The van der Waals surface area contributed by atoms with Crippen LogP contribution in [-0.2, 0) is 22.5 Å². The molecule has 0 fully saturated rings. The maximum Gasteiger partial charge on any atom is 0.328 e. The first-order chi connectivity index (χ1) is 24.5. The number of ketones is 1. The van der Waals surface area contributed by atoms with Gasteiger partial charge in [0.1, 0.15) is 24.1 Å². The zero-order valence-electron chi connectivity index (χ0n) is 27.7. The average molecular weight is 664 g/mol. The number of benzene rings is 5. The molecule has 1 atom stereocenters. The number of ether oxygens (including phenoxy) is 2.